The lowest BCUT2D eigenvalue weighted by Crippen LogP contribution is -2.01. The molecule has 19 heavy (non-hydrogen) atoms. The molecule has 100 valence electrons. The molecule has 2 aromatic rings. The van der Waals surface area contributed by atoms with Gasteiger partial charge in [0.15, 0.2) is 0 Å². The molecule has 1 atom stereocenters. The highest BCUT2D eigenvalue weighted by Crippen LogP contribution is 2.22. The van der Waals surface area contributed by atoms with Crippen LogP contribution in [0.15, 0.2) is 48.7 Å². The molecule has 0 saturated carbocycles. The summed E-state index contributed by atoms with van der Waals surface area (Å²) >= 11 is 0. The largest absolute Gasteiger partial charge is 0.494 e. The SMILES string of the molecule is CCOc1cccc(C(O)CCc2ccccn2)c1. The number of aliphatic hydroxyl groups excluding tert-OH is 1. The zero-order valence-electron chi connectivity index (χ0n) is 11.1. The molecule has 1 aromatic carbocycles. The second kappa shape index (κ2) is 6.90. The molecular formula is C16H19NO2. The van der Waals surface area contributed by atoms with Crippen LogP contribution in [0.25, 0.3) is 0 Å². The normalized spacial score (nSPS) is 12.1. The van der Waals surface area contributed by atoms with E-state index in [1.807, 2.05) is 49.4 Å². The highest BCUT2D eigenvalue weighted by molar-refractivity contribution is 5.30. The van der Waals surface area contributed by atoms with E-state index in [1.54, 1.807) is 6.20 Å². The molecular weight excluding hydrogens is 238 g/mol. The second-order valence-electron chi connectivity index (χ2n) is 4.38. The maximum absolute atomic E-state index is 10.2. The van der Waals surface area contributed by atoms with Crippen molar-refractivity contribution < 1.29 is 9.84 Å². The highest BCUT2D eigenvalue weighted by Gasteiger charge is 2.09. The number of aryl methyl sites for hydroxylation is 1. The van der Waals surface area contributed by atoms with Crippen LogP contribution in [0.3, 0.4) is 0 Å². The van der Waals surface area contributed by atoms with Crippen LogP contribution in [0, 0.1) is 0 Å². The van der Waals surface area contributed by atoms with E-state index in [2.05, 4.69) is 4.98 Å². The fourth-order valence-electron chi connectivity index (χ4n) is 1.98. The van der Waals surface area contributed by atoms with Gasteiger partial charge in [0, 0.05) is 11.9 Å². The van der Waals surface area contributed by atoms with Gasteiger partial charge < -0.3 is 9.84 Å². The van der Waals surface area contributed by atoms with Crippen LogP contribution in [0.4, 0.5) is 0 Å². The minimum atomic E-state index is -0.484. The van der Waals surface area contributed by atoms with E-state index in [4.69, 9.17) is 4.74 Å². The van der Waals surface area contributed by atoms with Crippen LogP contribution in [-0.2, 0) is 6.42 Å². The molecule has 3 heteroatoms. The number of ether oxygens (including phenoxy) is 1. The van der Waals surface area contributed by atoms with Crippen LogP contribution in [0.1, 0.15) is 30.7 Å². The average molecular weight is 257 g/mol. The highest BCUT2D eigenvalue weighted by atomic mass is 16.5. The Kier molecular flexibility index (Phi) is 4.93. The van der Waals surface area contributed by atoms with E-state index in [0.29, 0.717) is 13.0 Å². The number of benzene rings is 1. The molecule has 1 aromatic heterocycles. The number of hydrogen-bond acceptors (Lipinski definition) is 3. The van der Waals surface area contributed by atoms with E-state index in [1.165, 1.54) is 0 Å². The van der Waals surface area contributed by atoms with Crippen molar-refractivity contribution in [1.29, 1.82) is 0 Å². The molecule has 1 unspecified atom stereocenters. The van der Waals surface area contributed by atoms with E-state index < -0.39 is 6.10 Å². The standard InChI is InChI=1S/C16H19NO2/c1-2-19-15-8-5-6-13(12-15)16(18)10-9-14-7-3-4-11-17-14/h3-8,11-12,16,18H,2,9-10H2,1H3. The number of aromatic nitrogens is 1. The number of rotatable bonds is 6. The van der Waals surface area contributed by atoms with Crippen molar-refractivity contribution in [2.24, 2.45) is 0 Å². The molecule has 1 heterocycles. The van der Waals surface area contributed by atoms with Gasteiger partial charge >= 0.3 is 0 Å². The lowest BCUT2D eigenvalue weighted by molar-refractivity contribution is 0.167. The molecule has 0 fully saturated rings. The summed E-state index contributed by atoms with van der Waals surface area (Å²) in [5, 5.41) is 10.2. The molecule has 1 N–H and O–H groups in total. The quantitative estimate of drug-likeness (QED) is 0.864. The molecule has 2 rings (SSSR count). The Balaban J connectivity index is 1.95. The predicted octanol–water partition coefficient (Wildman–Crippen LogP) is 3.15. The maximum Gasteiger partial charge on any atom is 0.119 e. The summed E-state index contributed by atoms with van der Waals surface area (Å²) in [7, 11) is 0. The first-order chi connectivity index (χ1) is 9.29. The number of nitrogens with zero attached hydrogens (tertiary/aromatic N) is 1. The fourth-order valence-corrected chi connectivity index (χ4v) is 1.98. The number of pyridine rings is 1. The van der Waals surface area contributed by atoms with E-state index in [0.717, 1.165) is 23.4 Å². The van der Waals surface area contributed by atoms with Gasteiger partial charge in [-0.1, -0.05) is 18.2 Å². The maximum atomic E-state index is 10.2. The van der Waals surface area contributed by atoms with Crippen molar-refractivity contribution in [2.75, 3.05) is 6.61 Å². The van der Waals surface area contributed by atoms with Gasteiger partial charge in [0.2, 0.25) is 0 Å². The summed E-state index contributed by atoms with van der Waals surface area (Å²) in [6, 6.07) is 13.5. The summed E-state index contributed by atoms with van der Waals surface area (Å²) in [4.78, 5) is 4.26. The van der Waals surface area contributed by atoms with Gasteiger partial charge in [0.05, 0.1) is 12.7 Å². The van der Waals surface area contributed by atoms with Crippen molar-refractivity contribution in [1.82, 2.24) is 4.98 Å². The Morgan fingerprint density at radius 2 is 2.11 bits per heavy atom. The first-order valence-electron chi connectivity index (χ1n) is 6.60. The summed E-state index contributed by atoms with van der Waals surface area (Å²) in [5.41, 5.74) is 1.89. The molecule has 0 radical (unpaired) electrons. The Hall–Kier alpha value is -1.87. The van der Waals surface area contributed by atoms with Gasteiger partial charge in [-0.05, 0) is 49.6 Å². The smallest absolute Gasteiger partial charge is 0.119 e. The first-order valence-corrected chi connectivity index (χ1v) is 6.60. The summed E-state index contributed by atoms with van der Waals surface area (Å²) in [6.07, 6.45) is 2.72. The van der Waals surface area contributed by atoms with Crippen molar-refractivity contribution in [3.63, 3.8) is 0 Å². The molecule has 0 aliphatic rings. The van der Waals surface area contributed by atoms with Gasteiger partial charge in [-0.2, -0.15) is 0 Å². The lowest BCUT2D eigenvalue weighted by Gasteiger charge is -2.12. The molecule has 0 aliphatic carbocycles. The average Bonchev–Trinajstić information content (AvgIpc) is 2.46. The molecule has 0 spiro atoms. The molecule has 0 bridgehead atoms. The van der Waals surface area contributed by atoms with Crippen LogP contribution in [0.5, 0.6) is 5.75 Å². The van der Waals surface area contributed by atoms with Crippen LogP contribution in [0.2, 0.25) is 0 Å². The summed E-state index contributed by atoms with van der Waals surface area (Å²) in [6.45, 7) is 2.58. The topological polar surface area (TPSA) is 42.4 Å². The molecule has 3 nitrogen and oxygen atoms in total. The molecule has 0 amide bonds. The Bertz CT molecular complexity index is 499. The van der Waals surface area contributed by atoms with Crippen molar-refractivity contribution in [3.8, 4) is 5.75 Å². The Labute approximate surface area is 113 Å². The summed E-state index contributed by atoms with van der Waals surface area (Å²) in [5.74, 6) is 0.803. The first kappa shape index (κ1) is 13.6. The predicted molar refractivity (Wildman–Crippen MR) is 75.1 cm³/mol. The molecule has 0 saturated heterocycles. The molecule has 0 aliphatic heterocycles. The lowest BCUT2D eigenvalue weighted by atomic mass is 10.0. The van der Waals surface area contributed by atoms with Crippen LogP contribution < -0.4 is 4.74 Å². The Morgan fingerprint density at radius 1 is 1.21 bits per heavy atom. The van der Waals surface area contributed by atoms with Crippen molar-refractivity contribution in [3.05, 3.63) is 59.9 Å². The zero-order valence-corrected chi connectivity index (χ0v) is 11.1. The van der Waals surface area contributed by atoms with E-state index >= 15 is 0 Å². The minimum absolute atomic E-state index is 0.484. The number of aliphatic hydroxyl groups is 1. The summed E-state index contributed by atoms with van der Waals surface area (Å²) < 4.78 is 5.44. The fraction of sp³-hybridized carbons (Fsp3) is 0.312. The number of hydrogen-bond donors (Lipinski definition) is 1. The Morgan fingerprint density at radius 3 is 2.84 bits per heavy atom. The third-order valence-electron chi connectivity index (χ3n) is 2.95. The third kappa shape index (κ3) is 4.07. The van der Waals surface area contributed by atoms with Crippen LogP contribution >= 0.6 is 0 Å². The third-order valence-corrected chi connectivity index (χ3v) is 2.95. The van der Waals surface area contributed by atoms with Gasteiger partial charge in [-0.25, -0.2) is 0 Å². The minimum Gasteiger partial charge on any atom is -0.494 e. The van der Waals surface area contributed by atoms with Crippen molar-refractivity contribution >= 4 is 0 Å². The van der Waals surface area contributed by atoms with Gasteiger partial charge in [-0.3, -0.25) is 4.98 Å². The van der Waals surface area contributed by atoms with E-state index in [9.17, 15) is 5.11 Å². The van der Waals surface area contributed by atoms with Gasteiger partial charge in [-0.15, -0.1) is 0 Å². The monoisotopic (exact) mass is 257 g/mol. The van der Waals surface area contributed by atoms with Crippen molar-refractivity contribution in [2.45, 2.75) is 25.9 Å². The van der Waals surface area contributed by atoms with Gasteiger partial charge in [0.1, 0.15) is 5.75 Å². The van der Waals surface area contributed by atoms with Crippen LogP contribution in [-0.4, -0.2) is 16.7 Å². The zero-order chi connectivity index (χ0) is 13.5. The van der Waals surface area contributed by atoms with E-state index in [-0.39, 0.29) is 0 Å². The van der Waals surface area contributed by atoms with Gasteiger partial charge in [0.25, 0.3) is 0 Å². The second-order valence-corrected chi connectivity index (χ2v) is 4.38.